The molecule has 3 rings (SSSR count). The second-order valence-corrected chi connectivity index (χ2v) is 12.5. The van der Waals surface area contributed by atoms with Crippen LogP contribution in [-0.4, -0.2) is 44.3 Å². The second kappa shape index (κ2) is 13.5. The normalized spacial score (nSPS) is 12.1. The molecule has 0 saturated heterocycles. The molecule has 0 heterocycles. The molecule has 2 amide bonds. The Kier molecular flexibility index (Phi) is 10.6. The van der Waals surface area contributed by atoms with Crippen molar-refractivity contribution in [3.05, 3.63) is 93.0 Å². The molecule has 10 heteroatoms. The zero-order chi connectivity index (χ0) is 29.6. The van der Waals surface area contributed by atoms with Crippen LogP contribution in [0.2, 0.25) is 10.0 Å². The lowest BCUT2D eigenvalue weighted by molar-refractivity contribution is -0.140. The van der Waals surface area contributed by atoms with Crippen LogP contribution in [0.3, 0.4) is 0 Å². The molecule has 0 fully saturated rings. The monoisotopic (exact) mass is 603 g/mol. The molecule has 3 aromatic carbocycles. The highest BCUT2D eigenvalue weighted by atomic mass is 35.5. The van der Waals surface area contributed by atoms with Crippen molar-refractivity contribution in [3.63, 3.8) is 0 Å². The van der Waals surface area contributed by atoms with Gasteiger partial charge in [-0.1, -0.05) is 60.0 Å². The van der Waals surface area contributed by atoms with Crippen molar-refractivity contribution in [2.45, 2.75) is 58.5 Å². The fourth-order valence-electron chi connectivity index (χ4n) is 4.51. The van der Waals surface area contributed by atoms with Gasteiger partial charge in [-0.3, -0.25) is 13.9 Å². The molecular weight excluding hydrogens is 569 g/mol. The Morgan fingerprint density at radius 3 is 2.05 bits per heavy atom. The third-order valence-electron chi connectivity index (χ3n) is 6.48. The second-order valence-electron chi connectivity index (χ2n) is 9.75. The summed E-state index contributed by atoms with van der Waals surface area (Å²) in [6, 6.07) is 15.9. The Hall–Kier alpha value is -3.07. The molecule has 0 aromatic heterocycles. The zero-order valence-electron chi connectivity index (χ0n) is 23.4. The first-order chi connectivity index (χ1) is 18.9. The van der Waals surface area contributed by atoms with E-state index >= 15 is 0 Å². The maximum absolute atomic E-state index is 14.1. The first-order valence-electron chi connectivity index (χ1n) is 13.1. The molecule has 1 atom stereocenters. The molecule has 40 heavy (non-hydrogen) atoms. The smallest absolute Gasteiger partial charge is 0.264 e. The van der Waals surface area contributed by atoms with Gasteiger partial charge in [0.05, 0.1) is 10.6 Å². The zero-order valence-corrected chi connectivity index (χ0v) is 25.7. The largest absolute Gasteiger partial charge is 0.355 e. The molecule has 0 spiro atoms. The van der Waals surface area contributed by atoms with E-state index in [0.29, 0.717) is 34.3 Å². The molecule has 7 nitrogen and oxygen atoms in total. The maximum atomic E-state index is 14.1. The molecule has 0 aliphatic heterocycles. The van der Waals surface area contributed by atoms with Crippen molar-refractivity contribution < 1.29 is 18.0 Å². The average molecular weight is 605 g/mol. The number of rotatable bonds is 11. The van der Waals surface area contributed by atoms with Crippen molar-refractivity contribution in [1.82, 2.24) is 10.2 Å². The van der Waals surface area contributed by atoms with Crippen LogP contribution < -0.4 is 9.62 Å². The number of hydrogen-bond acceptors (Lipinski definition) is 4. The van der Waals surface area contributed by atoms with Gasteiger partial charge in [0, 0.05) is 23.1 Å². The van der Waals surface area contributed by atoms with Crippen molar-refractivity contribution in [2.75, 3.05) is 17.4 Å². The SMILES string of the molecule is CCNC(=O)C(CC)N(Cc1ccc(Cl)cc1Cl)C(=O)CN(c1cc(C)cc(C)c1)S(=O)(=O)c1ccc(C)cc1. The van der Waals surface area contributed by atoms with E-state index in [1.54, 1.807) is 56.3 Å². The van der Waals surface area contributed by atoms with Crippen molar-refractivity contribution in [2.24, 2.45) is 0 Å². The van der Waals surface area contributed by atoms with Crippen molar-refractivity contribution in [3.8, 4) is 0 Å². The van der Waals surface area contributed by atoms with Gasteiger partial charge in [0.15, 0.2) is 0 Å². The lowest BCUT2D eigenvalue weighted by Gasteiger charge is -2.33. The highest BCUT2D eigenvalue weighted by Crippen LogP contribution is 2.28. The number of aryl methyl sites for hydroxylation is 3. The predicted octanol–water partition coefficient (Wildman–Crippen LogP) is 6.06. The number of halogens is 2. The number of hydrogen-bond donors (Lipinski definition) is 1. The summed E-state index contributed by atoms with van der Waals surface area (Å²) in [5, 5.41) is 3.56. The molecule has 214 valence electrons. The molecular formula is C30H35Cl2N3O4S. The van der Waals surface area contributed by atoms with Gasteiger partial charge in [0.1, 0.15) is 12.6 Å². The third kappa shape index (κ3) is 7.56. The Morgan fingerprint density at radius 1 is 0.875 bits per heavy atom. The van der Waals surface area contributed by atoms with E-state index in [1.165, 1.54) is 17.0 Å². The maximum Gasteiger partial charge on any atom is 0.264 e. The minimum Gasteiger partial charge on any atom is -0.355 e. The summed E-state index contributed by atoms with van der Waals surface area (Å²) < 4.78 is 29.1. The van der Waals surface area contributed by atoms with Crippen LogP contribution in [0.25, 0.3) is 0 Å². The van der Waals surface area contributed by atoms with Gasteiger partial charge in [-0.2, -0.15) is 0 Å². The lowest BCUT2D eigenvalue weighted by Crippen LogP contribution is -2.52. The molecule has 0 aliphatic rings. The number of nitrogens with zero attached hydrogens (tertiary/aromatic N) is 2. The number of benzene rings is 3. The molecule has 1 unspecified atom stereocenters. The number of nitrogens with one attached hydrogen (secondary N) is 1. The van der Waals surface area contributed by atoms with Crippen LogP contribution in [0.1, 0.15) is 42.5 Å². The molecule has 0 saturated carbocycles. The van der Waals surface area contributed by atoms with Crippen molar-refractivity contribution >= 4 is 50.7 Å². The number of likely N-dealkylation sites (N-methyl/N-ethyl adjacent to an activating group) is 1. The number of amides is 2. The van der Waals surface area contributed by atoms with Crippen molar-refractivity contribution in [1.29, 1.82) is 0 Å². The van der Waals surface area contributed by atoms with Gasteiger partial charge in [-0.25, -0.2) is 8.42 Å². The van der Waals surface area contributed by atoms with Crippen LogP contribution >= 0.6 is 23.2 Å². The van der Waals surface area contributed by atoms with Gasteiger partial charge in [-0.15, -0.1) is 0 Å². The van der Waals surface area contributed by atoms with Crippen LogP contribution in [-0.2, 0) is 26.2 Å². The predicted molar refractivity (Wildman–Crippen MR) is 161 cm³/mol. The van der Waals surface area contributed by atoms with Gasteiger partial charge < -0.3 is 10.2 Å². The van der Waals surface area contributed by atoms with E-state index < -0.39 is 28.5 Å². The quantitative estimate of drug-likeness (QED) is 0.289. The van der Waals surface area contributed by atoms with E-state index in [4.69, 9.17) is 23.2 Å². The third-order valence-corrected chi connectivity index (χ3v) is 8.85. The van der Waals surface area contributed by atoms with E-state index in [2.05, 4.69) is 5.32 Å². The summed E-state index contributed by atoms with van der Waals surface area (Å²) in [5.41, 5.74) is 3.56. The summed E-state index contributed by atoms with van der Waals surface area (Å²) in [6.07, 6.45) is 0.317. The summed E-state index contributed by atoms with van der Waals surface area (Å²) >= 11 is 12.5. The first kappa shape index (κ1) is 31.5. The molecule has 0 aliphatic carbocycles. The van der Waals surface area contributed by atoms with Gasteiger partial charge in [-0.05, 0) is 87.2 Å². The van der Waals surface area contributed by atoms with Crippen LogP contribution in [0.4, 0.5) is 5.69 Å². The van der Waals surface area contributed by atoms with E-state index in [1.807, 2.05) is 26.8 Å². The average Bonchev–Trinajstić information content (AvgIpc) is 2.88. The minimum atomic E-state index is -4.14. The van der Waals surface area contributed by atoms with E-state index in [-0.39, 0.29) is 17.3 Å². The van der Waals surface area contributed by atoms with Gasteiger partial charge in [0.25, 0.3) is 10.0 Å². The summed E-state index contributed by atoms with van der Waals surface area (Å²) in [5.74, 6) is -0.873. The molecule has 3 aromatic rings. The van der Waals surface area contributed by atoms with E-state index in [0.717, 1.165) is 21.0 Å². The first-order valence-corrected chi connectivity index (χ1v) is 15.3. The van der Waals surface area contributed by atoms with Gasteiger partial charge in [0.2, 0.25) is 11.8 Å². The standard InChI is InChI=1S/C30H35Cl2N3O4S/c1-6-28(30(37)33-7-2)34(18-23-10-11-24(31)17-27(23)32)29(36)19-35(25-15-21(4)14-22(5)16-25)40(38,39)26-12-8-20(3)9-13-26/h8-17,28H,6-7,18-19H2,1-5H3,(H,33,37). The molecule has 0 bridgehead atoms. The minimum absolute atomic E-state index is 0.00423. The lowest BCUT2D eigenvalue weighted by atomic mass is 10.1. The fourth-order valence-corrected chi connectivity index (χ4v) is 6.37. The van der Waals surface area contributed by atoms with Crippen LogP contribution in [0.15, 0.2) is 65.6 Å². The Bertz CT molecular complexity index is 1460. The number of sulfonamides is 1. The highest BCUT2D eigenvalue weighted by Gasteiger charge is 2.34. The van der Waals surface area contributed by atoms with Crippen LogP contribution in [0, 0.1) is 20.8 Å². The molecule has 0 radical (unpaired) electrons. The van der Waals surface area contributed by atoms with Crippen LogP contribution in [0.5, 0.6) is 0 Å². The van der Waals surface area contributed by atoms with Gasteiger partial charge >= 0.3 is 0 Å². The highest BCUT2D eigenvalue weighted by molar-refractivity contribution is 7.92. The summed E-state index contributed by atoms with van der Waals surface area (Å²) in [4.78, 5) is 28.6. The Labute approximate surface area is 247 Å². The number of carbonyl (C=O) groups is 2. The number of anilines is 1. The fraction of sp³-hybridized carbons (Fsp3) is 0.333. The van der Waals surface area contributed by atoms with E-state index in [9.17, 15) is 18.0 Å². The molecule has 1 N–H and O–H groups in total. The number of carbonyl (C=O) groups excluding carboxylic acids is 2. The Balaban J connectivity index is 2.11. The topological polar surface area (TPSA) is 86.8 Å². The summed E-state index contributed by atoms with van der Waals surface area (Å²) in [6.45, 7) is 9.06. The Morgan fingerprint density at radius 2 is 1.50 bits per heavy atom. The summed E-state index contributed by atoms with van der Waals surface area (Å²) in [7, 11) is -4.14.